The van der Waals surface area contributed by atoms with E-state index < -0.39 is 23.7 Å². The van der Waals surface area contributed by atoms with Crippen molar-refractivity contribution < 1.29 is 28.0 Å². The molecule has 2 aliphatic rings. The number of piperazine rings is 1. The normalized spacial score (nSPS) is 16.6. The second kappa shape index (κ2) is 17.7. The van der Waals surface area contributed by atoms with Crippen molar-refractivity contribution in [2.45, 2.75) is 71.4 Å². The van der Waals surface area contributed by atoms with Crippen molar-refractivity contribution in [2.24, 2.45) is 0 Å². The van der Waals surface area contributed by atoms with Crippen molar-refractivity contribution in [1.29, 1.82) is 0 Å². The first-order chi connectivity index (χ1) is 29.8. The van der Waals surface area contributed by atoms with E-state index in [2.05, 4.69) is 87.5 Å². The molecule has 2 saturated heterocycles. The van der Waals surface area contributed by atoms with Gasteiger partial charge in [0.15, 0.2) is 5.65 Å². The van der Waals surface area contributed by atoms with E-state index in [0.717, 1.165) is 78.0 Å². The third-order valence-electron chi connectivity index (χ3n) is 11.4. The van der Waals surface area contributed by atoms with E-state index in [9.17, 15) is 18.8 Å². The molecular weight excluding hydrogens is 792 g/mol. The number of fused-ring (bicyclic) bond motifs is 1. The van der Waals surface area contributed by atoms with E-state index in [4.69, 9.17) is 9.26 Å². The number of anilines is 2. The van der Waals surface area contributed by atoms with Crippen LogP contribution >= 0.6 is 0 Å². The first-order valence-electron chi connectivity index (χ1n) is 21.0. The molecular formula is C46H51FN10O5. The number of hydrogen-bond donors (Lipinski definition) is 4. The lowest BCUT2D eigenvalue weighted by Gasteiger charge is -2.36. The van der Waals surface area contributed by atoms with Crippen LogP contribution in [0.15, 0.2) is 77.4 Å². The summed E-state index contributed by atoms with van der Waals surface area (Å²) < 4.78 is 25.9. The number of aromatic nitrogens is 5. The van der Waals surface area contributed by atoms with Gasteiger partial charge in [0.1, 0.15) is 17.6 Å². The van der Waals surface area contributed by atoms with E-state index in [-0.39, 0.29) is 35.3 Å². The molecule has 8 rings (SSSR count). The van der Waals surface area contributed by atoms with Gasteiger partial charge in [-0.3, -0.25) is 29.7 Å². The van der Waals surface area contributed by atoms with Gasteiger partial charge in [-0.15, -0.1) is 0 Å². The lowest BCUT2D eigenvalue weighted by molar-refractivity contribution is -0.133. The largest absolute Gasteiger partial charge is 0.493 e. The Morgan fingerprint density at radius 2 is 1.77 bits per heavy atom. The maximum atomic E-state index is 14.8. The fourth-order valence-electron chi connectivity index (χ4n) is 7.85. The Labute approximate surface area is 358 Å². The third kappa shape index (κ3) is 9.44. The number of amides is 3. The molecule has 5 heterocycles. The Bertz CT molecular complexity index is 2590. The number of carbonyl (C=O) groups excluding carboxylic acids is 3. The van der Waals surface area contributed by atoms with Gasteiger partial charge in [-0.05, 0) is 79.8 Å². The summed E-state index contributed by atoms with van der Waals surface area (Å²) in [5.74, 6) is -0.812. The Hall–Kier alpha value is -6.68. The molecule has 0 aliphatic carbocycles. The van der Waals surface area contributed by atoms with Gasteiger partial charge in [-0.1, -0.05) is 50.2 Å². The van der Waals surface area contributed by atoms with Gasteiger partial charge >= 0.3 is 0 Å². The maximum Gasteiger partial charge on any atom is 0.293 e. The van der Waals surface area contributed by atoms with Crippen LogP contribution in [0.4, 0.5) is 15.8 Å². The number of pyridine rings is 1. The van der Waals surface area contributed by atoms with Crippen LogP contribution < -0.4 is 25.6 Å². The van der Waals surface area contributed by atoms with Gasteiger partial charge in [0.05, 0.1) is 24.0 Å². The quantitative estimate of drug-likeness (QED) is 0.0713. The summed E-state index contributed by atoms with van der Waals surface area (Å²) in [6.45, 7) is 14.8. The van der Waals surface area contributed by atoms with E-state index in [1.54, 1.807) is 12.1 Å². The van der Waals surface area contributed by atoms with Crippen molar-refractivity contribution in [3.05, 3.63) is 102 Å². The average molecular weight is 843 g/mol. The van der Waals surface area contributed by atoms with Crippen molar-refractivity contribution in [3.63, 3.8) is 0 Å². The van der Waals surface area contributed by atoms with Crippen LogP contribution in [0.5, 0.6) is 5.75 Å². The van der Waals surface area contributed by atoms with Crippen LogP contribution in [-0.2, 0) is 15.0 Å². The number of nitrogens with one attached hydrogen (secondary N) is 4. The highest BCUT2D eigenvalue weighted by molar-refractivity contribution is 6.01. The minimum Gasteiger partial charge on any atom is -0.493 e. The highest BCUT2D eigenvalue weighted by atomic mass is 19.1. The molecule has 2 fully saturated rings. The minimum absolute atomic E-state index is 0.0127. The molecule has 6 aromatic rings. The molecule has 3 aromatic heterocycles. The summed E-state index contributed by atoms with van der Waals surface area (Å²) in [6, 6.07) is 20.5. The maximum absolute atomic E-state index is 14.8. The molecule has 2 atom stereocenters. The SMILES string of the molecule is Cc1cc(-c2[nH]nc3ncc(-c4ccc(N5CCN(CCCOc6ccc(NC7CCC(=O)NC7=O)c(F)c6)CC5)cc4)cc23)ccc1C(C)NC(=O)c1noc(C(C)(C)C)n1. The first-order valence-corrected chi connectivity index (χ1v) is 21.0. The van der Waals surface area contributed by atoms with E-state index in [0.29, 0.717) is 30.3 Å². The van der Waals surface area contributed by atoms with Gasteiger partial charge < -0.3 is 24.8 Å². The van der Waals surface area contributed by atoms with Crippen LogP contribution in [0.25, 0.3) is 33.4 Å². The van der Waals surface area contributed by atoms with E-state index >= 15 is 0 Å². The molecule has 4 N–H and O–H groups in total. The topological polar surface area (TPSA) is 183 Å². The standard InChI is InChI=1S/C46H51FN10O5/c1-27-23-30(9-13-34(27)28(2)49-44(60)42-52-45(62-55-42)46(3,4)5)40-35-24-31(26-48-41(35)54-53-40)29-7-10-32(11-8-29)57-20-18-56(19-21-57)17-6-22-61-33-12-14-37(36(47)25-33)50-38-15-16-39(58)51-43(38)59/h7-14,23-26,28,38,50H,6,15-22H2,1-5H3,(H,49,60)(H,48,53,54)(H,51,58,59). The van der Waals surface area contributed by atoms with Crippen molar-refractivity contribution in [2.75, 3.05) is 49.5 Å². The predicted molar refractivity (Wildman–Crippen MR) is 233 cm³/mol. The number of aryl methyl sites for hydroxylation is 1. The number of carbonyl (C=O) groups is 3. The van der Waals surface area contributed by atoms with Crippen LogP contribution in [0, 0.1) is 12.7 Å². The number of aromatic amines is 1. The molecule has 2 unspecified atom stereocenters. The van der Waals surface area contributed by atoms with Gasteiger partial charge in [0, 0.05) is 79.0 Å². The predicted octanol–water partition coefficient (Wildman–Crippen LogP) is 6.72. The fraction of sp³-hybridized carbons (Fsp3) is 0.370. The monoisotopic (exact) mass is 842 g/mol. The zero-order valence-electron chi connectivity index (χ0n) is 35.5. The summed E-state index contributed by atoms with van der Waals surface area (Å²) in [5.41, 5.74) is 7.50. The number of nitrogens with zero attached hydrogens (tertiary/aromatic N) is 6. The lowest BCUT2D eigenvalue weighted by atomic mass is 9.97. The molecule has 322 valence electrons. The number of imide groups is 1. The summed E-state index contributed by atoms with van der Waals surface area (Å²) >= 11 is 0. The van der Waals surface area contributed by atoms with Crippen molar-refractivity contribution in [3.8, 4) is 28.1 Å². The Morgan fingerprint density at radius 1 is 1.00 bits per heavy atom. The first kappa shape index (κ1) is 42.0. The number of ether oxygens (including phenoxy) is 1. The van der Waals surface area contributed by atoms with E-state index in [1.165, 1.54) is 11.8 Å². The molecule has 16 heteroatoms. The molecule has 0 saturated carbocycles. The Balaban J connectivity index is 0.818. The van der Waals surface area contributed by atoms with Crippen molar-refractivity contribution in [1.82, 2.24) is 40.9 Å². The molecule has 3 amide bonds. The third-order valence-corrected chi connectivity index (χ3v) is 11.4. The number of hydrogen-bond acceptors (Lipinski definition) is 12. The zero-order valence-corrected chi connectivity index (χ0v) is 35.5. The summed E-state index contributed by atoms with van der Waals surface area (Å²) in [7, 11) is 0. The van der Waals surface area contributed by atoms with Gasteiger partial charge in [0.25, 0.3) is 11.7 Å². The molecule has 0 radical (unpaired) electrons. The average Bonchev–Trinajstić information content (AvgIpc) is 3.93. The van der Waals surface area contributed by atoms with Crippen molar-refractivity contribution >= 4 is 40.1 Å². The molecule has 0 spiro atoms. The zero-order chi connectivity index (χ0) is 43.5. The molecule has 3 aromatic carbocycles. The number of rotatable bonds is 13. The second-order valence-electron chi connectivity index (χ2n) is 17.0. The van der Waals surface area contributed by atoms with E-state index in [1.807, 2.05) is 52.9 Å². The van der Waals surface area contributed by atoms with Gasteiger partial charge in [0.2, 0.25) is 17.7 Å². The molecule has 15 nitrogen and oxygen atoms in total. The summed E-state index contributed by atoms with van der Waals surface area (Å²) in [5, 5.41) is 20.6. The van der Waals surface area contributed by atoms with Crippen LogP contribution in [0.2, 0.25) is 0 Å². The number of H-pyrrole nitrogens is 1. The van der Waals surface area contributed by atoms with Crippen LogP contribution in [0.3, 0.4) is 0 Å². The summed E-state index contributed by atoms with van der Waals surface area (Å²) in [6.07, 6.45) is 3.19. The fourth-order valence-corrected chi connectivity index (χ4v) is 7.85. The second-order valence-corrected chi connectivity index (χ2v) is 17.0. The number of benzene rings is 3. The number of halogens is 1. The highest BCUT2D eigenvalue weighted by Gasteiger charge is 2.28. The Kier molecular flexibility index (Phi) is 12.0. The van der Waals surface area contributed by atoms with Gasteiger partial charge in [-0.25, -0.2) is 9.37 Å². The minimum atomic E-state index is -0.652. The summed E-state index contributed by atoms with van der Waals surface area (Å²) in [4.78, 5) is 50.1. The van der Waals surface area contributed by atoms with Gasteiger partial charge in [-0.2, -0.15) is 10.1 Å². The smallest absolute Gasteiger partial charge is 0.293 e. The molecule has 0 bridgehead atoms. The van der Waals surface area contributed by atoms with Crippen LogP contribution in [-0.4, -0.2) is 93.3 Å². The lowest BCUT2D eigenvalue weighted by Crippen LogP contribution is -2.47. The Morgan fingerprint density at radius 3 is 2.48 bits per heavy atom. The molecule has 62 heavy (non-hydrogen) atoms. The number of piperidine rings is 1. The molecule has 2 aliphatic heterocycles. The van der Waals surface area contributed by atoms with Crippen LogP contribution in [0.1, 0.15) is 80.6 Å². The highest BCUT2D eigenvalue weighted by Crippen LogP contribution is 2.32.